The third-order valence-electron chi connectivity index (χ3n) is 7.89. The summed E-state index contributed by atoms with van der Waals surface area (Å²) in [5.41, 5.74) is 10.2. The molecule has 0 saturated carbocycles. The Morgan fingerprint density at radius 1 is 0.889 bits per heavy atom. The molecule has 0 aromatic heterocycles. The minimum atomic E-state index is -1.21. The third kappa shape index (κ3) is 3.99. The second-order valence-electron chi connectivity index (χ2n) is 10.2. The Morgan fingerprint density at radius 2 is 1.58 bits per heavy atom. The minimum absolute atomic E-state index is 0.0537. The Balaban J connectivity index is 1.73. The second kappa shape index (κ2) is 9.53. The number of fused-ring (bicyclic) bond motifs is 2. The first-order valence-electron chi connectivity index (χ1n) is 13.0. The van der Waals surface area contributed by atoms with Gasteiger partial charge in [0.05, 0.1) is 0 Å². The van der Waals surface area contributed by atoms with E-state index in [1.165, 1.54) is 38.3 Å². The van der Waals surface area contributed by atoms with Gasteiger partial charge in [-0.15, -0.1) is 0 Å². The zero-order valence-electron chi connectivity index (χ0n) is 21.3. The van der Waals surface area contributed by atoms with Gasteiger partial charge in [-0.2, -0.15) is 0 Å². The molecule has 0 aliphatic heterocycles. The monoisotopic (exact) mass is 541 g/mol. The molecule has 0 amide bonds. The molecule has 0 fully saturated rings. The Morgan fingerprint density at radius 3 is 2.19 bits per heavy atom. The molecule has 3 aliphatic rings. The van der Waals surface area contributed by atoms with Crippen LogP contribution in [0.25, 0.3) is 8.85 Å². The molecule has 175 valence electrons. The van der Waals surface area contributed by atoms with Crippen molar-refractivity contribution in [3.63, 3.8) is 0 Å². The SMILES string of the molecule is CCC1(C)C=CC2=c3ccc(C)cc3=[C]([Zr]=[C](c3ccccc3)c3ccccc3)C2=C1C1=CC=CC1. The van der Waals surface area contributed by atoms with Crippen molar-refractivity contribution in [3.05, 3.63) is 153 Å². The van der Waals surface area contributed by atoms with E-state index in [0.717, 1.165) is 12.8 Å². The van der Waals surface area contributed by atoms with Crippen LogP contribution in [0, 0.1) is 12.3 Å². The van der Waals surface area contributed by atoms with Crippen LogP contribution in [-0.2, 0) is 22.8 Å². The first kappa shape index (κ1) is 23.5. The fourth-order valence-corrected chi connectivity index (χ4v) is 9.73. The van der Waals surface area contributed by atoms with E-state index >= 15 is 0 Å². The Labute approximate surface area is 225 Å². The van der Waals surface area contributed by atoms with Crippen molar-refractivity contribution in [1.29, 1.82) is 0 Å². The number of aryl methyl sites for hydroxylation is 1. The van der Waals surface area contributed by atoms with Crippen molar-refractivity contribution in [2.24, 2.45) is 5.41 Å². The summed E-state index contributed by atoms with van der Waals surface area (Å²) in [5, 5.41) is 2.90. The molecule has 3 aromatic carbocycles. The summed E-state index contributed by atoms with van der Waals surface area (Å²) in [7, 11) is 0. The summed E-state index contributed by atoms with van der Waals surface area (Å²) >= 11 is -1.21. The van der Waals surface area contributed by atoms with Crippen LogP contribution >= 0.6 is 0 Å². The van der Waals surface area contributed by atoms with Gasteiger partial charge in [0.25, 0.3) is 0 Å². The van der Waals surface area contributed by atoms with Crippen molar-refractivity contribution >= 4 is 12.1 Å². The first-order valence-corrected chi connectivity index (χ1v) is 15.5. The summed E-state index contributed by atoms with van der Waals surface area (Å²) in [4.78, 5) is 0. The van der Waals surface area contributed by atoms with Gasteiger partial charge in [0.1, 0.15) is 0 Å². The Hall–Kier alpha value is -2.89. The molecule has 0 heterocycles. The Bertz CT molecular complexity index is 1580. The van der Waals surface area contributed by atoms with Crippen LogP contribution in [0.5, 0.6) is 0 Å². The van der Waals surface area contributed by atoms with Crippen LogP contribution in [0.2, 0.25) is 0 Å². The van der Waals surface area contributed by atoms with Crippen LogP contribution in [0.3, 0.4) is 0 Å². The van der Waals surface area contributed by atoms with Gasteiger partial charge in [0.15, 0.2) is 0 Å². The summed E-state index contributed by atoms with van der Waals surface area (Å²) in [6, 6.07) is 29.3. The van der Waals surface area contributed by atoms with Gasteiger partial charge in [-0.25, -0.2) is 0 Å². The Kier molecular flexibility index (Phi) is 6.22. The maximum atomic E-state index is 2.48. The molecule has 6 rings (SSSR count). The van der Waals surface area contributed by atoms with Crippen molar-refractivity contribution in [1.82, 2.24) is 0 Å². The topological polar surface area (TPSA) is 0 Å². The van der Waals surface area contributed by atoms with E-state index in [1.54, 1.807) is 17.6 Å². The summed E-state index contributed by atoms with van der Waals surface area (Å²) in [6.45, 7) is 7.02. The van der Waals surface area contributed by atoms with Crippen LogP contribution in [0.4, 0.5) is 0 Å². The van der Waals surface area contributed by atoms with Gasteiger partial charge in [-0.1, -0.05) is 0 Å². The van der Waals surface area contributed by atoms with Gasteiger partial charge in [0.2, 0.25) is 0 Å². The van der Waals surface area contributed by atoms with E-state index in [9.17, 15) is 0 Å². The number of benzene rings is 3. The van der Waals surface area contributed by atoms with Crippen molar-refractivity contribution in [2.75, 3.05) is 0 Å². The summed E-state index contributed by atoms with van der Waals surface area (Å²) < 4.78 is 3.20. The van der Waals surface area contributed by atoms with Gasteiger partial charge in [0, 0.05) is 0 Å². The molecule has 0 saturated heterocycles. The van der Waals surface area contributed by atoms with E-state index in [-0.39, 0.29) is 5.41 Å². The van der Waals surface area contributed by atoms with E-state index in [4.69, 9.17) is 0 Å². The average molecular weight is 543 g/mol. The normalized spacial score (nSPS) is 19.8. The van der Waals surface area contributed by atoms with Gasteiger partial charge in [-0.3, -0.25) is 0 Å². The second-order valence-corrected chi connectivity index (χ2v) is 13.3. The number of hydrogen-bond donors (Lipinski definition) is 0. The van der Waals surface area contributed by atoms with Gasteiger partial charge >= 0.3 is 227 Å². The van der Waals surface area contributed by atoms with E-state index in [0.29, 0.717) is 0 Å². The quantitative estimate of drug-likeness (QED) is 0.333. The standard InChI is InChI=1S/C22H21.C13H10.Zr/c1-4-22(3)12-11-19-18-10-9-15(2)13-17(18)14-20(19)21(22)16-7-5-6-8-16;1-3-7-12(8-4-1)11-13-9-5-2-6-10-13;/h5-7,9-13H,4,8H2,1-3H3;1-10H;. The summed E-state index contributed by atoms with van der Waals surface area (Å²) in [6.07, 6.45) is 14.0. The fraction of sp³-hybridized carbons (Fsp3) is 0.171. The molecule has 0 nitrogen and oxygen atoms in total. The molecule has 36 heavy (non-hydrogen) atoms. The van der Waals surface area contributed by atoms with Crippen LogP contribution < -0.4 is 10.4 Å². The van der Waals surface area contributed by atoms with Crippen LogP contribution in [-0.4, -0.2) is 3.21 Å². The predicted octanol–water partition coefficient (Wildman–Crippen LogP) is 6.79. The van der Waals surface area contributed by atoms with E-state index in [1.807, 2.05) is 0 Å². The molecule has 0 spiro atoms. The van der Waals surface area contributed by atoms with Crippen molar-refractivity contribution in [3.8, 4) is 0 Å². The molecular formula is C35H31Zr. The number of hydrogen-bond acceptors (Lipinski definition) is 0. The molecule has 3 aliphatic carbocycles. The van der Waals surface area contributed by atoms with E-state index in [2.05, 4.69) is 130 Å². The zero-order valence-corrected chi connectivity index (χ0v) is 23.8. The van der Waals surface area contributed by atoms with Crippen LogP contribution in [0.1, 0.15) is 43.4 Å². The zero-order chi connectivity index (χ0) is 24.7. The summed E-state index contributed by atoms with van der Waals surface area (Å²) in [5.74, 6) is 0. The van der Waals surface area contributed by atoms with Gasteiger partial charge < -0.3 is 0 Å². The molecule has 0 bridgehead atoms. The van der Waals surface area contributed by atoms with Gasteiger partial charge in [-0.05, 0) is 0 Å². The predicted molar refractivity (Wildman–Crippen MR) is 150 cm³/mol. The van der Waals surface area contributed by atoms with Crippen molar-refractivity contribution in [2.45, 2.75) is 33.6 Å². The molecular weight excluding hydrogens is 512 g/mol. The average Bonchev–Trinajstić information content (AvgIpc) is 3.54. The fourth-order valence-electron chi connectivity index (χ4n) is 5.80. The molecule has 1 unspecified atom stereocenters. The molecule has 3 aromatic rings. The van der Waals surface area contributed by atoms with E-state index < -0.39 is 22.8 Å². The third-order valence-corrected chi connectivity index (χ3v) is 11.8. The number of rotatable bonds is 5. The molecule has 0 radical (unpaired) electrons. The van der Waals surface area contributed by atoms with Crippen molar-refractivity contribution < 1.29 is 22.8 Å². The molecule has 1 heteroatoms. The molecule has 0 N–H and O–H groups in total. The van der Waals surface area contributed by atoms with Crippen LogP contribution in [0.15, 0.2) is 126 Å². The first-order chi connectivity index (χ1) is 17.6. The molecule has 1 atom stereocenters. The number of allylic oxidation sites excluding steroid dienone is 8. The maximum absolute atomic E-state index is 2.48.